The van der Waals surface area contributed by atoms with E-state index in [-0.39, 0.29) is 5.60 Å². The van der Waals surface area contributed by atoms with E-state index in [1.54, 1.807) is 0 Å². The molecule has 0 aliphatic heterocycles. The van der Waals surface area contributed by atoms with Gasteiger partial charge in [0.1, 0.15) is 0 Å². The van der Waals surface area contributed by atoms with Crippen LogP contribution in [-0.2, 0) is 4.74 Å². The third-order valence-corrected chi connectivity index (χ3v) is 4.27. The van der Waals surface area contributed by atoms with Crippen molar-refractivity contribution >= 4 is 0 Å². The Hall–Kier alpha value is -0.120. The van der Waals surface area contributed by atoms with E-state index in [1.807, 2.05) is 20.9 Å². The zero-order valence-electron chi connectivity index (χ0n) is 15.1. The predicted molar refractivity (Wildman–Crippen MR) is 91.2 cm³/mol. The van der Waals surface area contributed by atoms with Crippen molar-refractivity contribution in [2.24, 2.45) is 11.1 Å². The Bertz CT molecular complexity index is 211. The fourth-order valence-corrected chi connectivity index (χ4v) is 2.19. The van der Waals surface area contributed by atoms with Crippen LogP contribution in [0.1, 0.15) is 73.6 Å². The van der Waals surface area contributed by atoms with Gasteiger partial charge in [-0.15, -0.1) is 0 Å². The summed E-state index contributed by atoms with van der Waals surface area (Å²) in [5.74, 6) is 0. The number of hydrogen-bond acceptors (Lipinski definition) is 3. The Kier molecular flexibility index (Phi) is 14.0. The first-order valence-corrected chi connectivity index (χ1v) is 8.44. The molecule has 0 amide bonds. The van der Waals surface area contributed by atoms with Crippen LogP contribution in [0.2, 0.25) is 0 Å². The molecule has 3 heteroatoms. The van der Waals surface area contributed by atoms with Crippen molar-refractivity contribution in [3.8, 4) is 0 Å². The van der Waals surface area contributed by atoms with Gasteiger partial charge in [0.15, 0.2) is 0 Å². The van der Waals surface area contributed by atoms with Crippen LogP contribution >= 0.6 is 0 Å². The van der Waals surface area contributed by atoms with Crippen molar-refractivity contribution in [2.75, 3.05) is 26.7 Å². The summed E-state index contributed by atoms with van der Waals surface area (Å²) in [5.41, 5.74) is 5.94. The highest BCUT2D eigenvalue weighted by atomic mass is 16.5. The van der Waals surface area contributed by atoms with Gasteiger partial charge in [0, 0.05) is 13.2 Å². The second-order valence-electron chi connectivity index (χ2n) is 5.99. The van der Waals surface area contributed by atoms with E-state index in [2.05, 4.69) is 33.0 Å². The van der Waals surface area contributed by atoms with Crippen LogP contribution < -0.4 is 11.1 Å². The molecule has 0 aliphatic carbocycles. The lowest BCUT2D eigenvalue weighted by Crippen LogP contribution is -2.34. The lowest BCUT2D eigenvalue weighted by Gasteiger charge is -2.33. The van der Waals surface area contributed by atoms with E-state index in [0.717, 1.165) is 45.4 Å². The van der Waals surface area contributed by atoms with Crippen molar-refractivity contribution in [1.29, 1.82) is 0 Å². The maximum Gasteiger partial charge on any atom is 0.0652 e. The van der Waals surface area contributed by atoms with Crippen molar-refractivity contribution in [3.05, 3.63) is 0 Å². The minimum Gasteiger partial charge on any atom is -0.375 e. The molecule has 0 bridgehead atoms. The monoisotopic (exact) mass is 288 g/mol. The largest absolute Gasteiger partial charge is 0.375 e. The molecule has 3 nitrogen and oxygen atoms in total. The summed E-state index contributed by atoms with van der Waals surface area (Å²) < 4.78 is 6.14. The number of hydrogen-bond donors (Lipinski definition) is 2. The van der Waals surface area contributed by atoms with E-state index in [9.17, 15) is 0 Å². The molecule has 0 heterocycles. The van der Waals surface area contributed by atoms with Crippen LogP contribution in [0.15, 0.2) is 0 Å². The lowest BCUT2D eigenvalue weighted by molar-refractivity contribution is -0.0520. The smallest absolute Gasteiger partial charge is 0.0652 e. The van der Waals surface area contributed by atoms with E-state index in [0.29, 0.717) is 5.41 Å². The average Bonchev–Trinajstić information content (AvgIpc) is 2.47. The first-order chi connectivity index (χ1) is 9.45. The first-order valence-electron chi connectivity index (χ1n) is 8.44. The van der Waals surface area contributed by atoms with Gasteiger partial charge in [0.25, 0.3) is 0 Å². The van der Waals surface area contributed by atoms with Gasteiger partial charge in [-0.3, -0.25) is 0 Å². The molecule has 2 atom stereocenters. The van der Waals surface area contributed by atoms with Gasteiger partial charge in [0.2, 0.25) is 0 Å². The lowest BCUT2D eigenvalue weighted by atomic mass is 9.84. The van der Waals surface area contributed by atoms with Crippen LogP contribution in [0, 0.1) is 5.41 Å². The first kappa shape index (κ1) is 22.2. The highest BCUT2D eigenvalue weighted by Crippen LogP contribution is 2.27. The second-order valence-corrected chi connectivity index (χ2v) is 5.99. The molecular weight excluding hydrogens is 248 g/mol. The van der Waals surface area contributed by atoms with Crippen molar-refractivity contribution < 1.29 is 4.74 Å². The summed E-state index contributed by atoms with van der Waals surface area (Å²) in [5, 5.41) is 3.28. The molecule has 0 spiro atoms. The Morgan fingerprint density at radius 3 is 2.05 bits per heavy atom. The van der Waals surface area contributed by atoms with Gasteiger partial charge < -0.3 is 15.8 Å². The van der Waals surface area contributed by atoms with E-state index in [4.69, 9.17) is 10.5 Å². The number of rotatable bonds is 11. The van der Waals surface area contributed by atoms with Crippen LogP contribution in [-0.4, -0.2) is 32.3 Å². The molecule has 0 saturated carbocycles. The molecule has 0 aliphatic rings. The highest BCUT2D eigenvalue weighted by Gasteiger charge is 2.25. The van der Waals surface area contributed by atoms with Crippen LogP contribution in [0.5, 0.6) is 0 Å². The van der Waals surface area contributed by atoms with Gasteiger partial charge >= 0.3 is 0 Å². The summed E-state index contributed by atoms with van der Waals surface area (Å²) in [6, 6.07) is 0. The third-order valence-electron chi connectivity index (χ3n) is 4.27. The summed E-state index contributed by atoms with van der Waals surface area (Å²) >= 11 is 0. The molecule has 0 rings (SSSR count). The summed E-state index contributed by atoms with van der Waals surface area (Å²) in [4.78, 5) is 0. The Labute approximate surface area is 128 Å². The molecule has 20 heavy (non-hydrogen) atoms. The number of nitrogens with one attached hydrogen (secondary N) is 1. The quantitative estimate of drug-likeness (QED) is 0.605. The number of ether oxygens (including phenoxy) is 1. The fraction of sp³-hybridized carbons (Fsp3) is 1.00. The van der Waals surface area contributed by atoms with Gasteiger partial charge in [-0.1, -0.05) is 34.6 Å². The van der Waals surface area contributed by atoms with Gasteiger partial charge in [-0.05, 0) is 58.0 Å². The third kappa shape index (κ3) is 9.73. The van der Waals surface area contributed by atoms with Crippen LogP contribution in [0.4, 0.5) is 0 Å². The minimum absolute atomic E-state index is 0.00760. The van der Waals surface area contributed by atoms with Crippen molar-refractivity contribution in [2.45, 2.75) is 79.2 Å². The summed E-state index contributed by atoms with van der Waals surface area (Å²) in [7, 11) is 2.02. The molecule has 3 N–H and O–H groups in total. The molecule has 2 unspecified atom stereocenters. The molecule has 0 aromatic heterocycles. The molecular formula is C17H40N2O. The zero-order chi connectivity index (χ0) is 16.1. The van der Waals surface area contributed by atoms with Crippen LogP contribution in [0.25, 0.3) is 0 Å². The molecule has 0 aromatic carbocycles. The van der Waals surface area contributed by atoms with Gasteiger partial charge in [-0.2, -0.15) is 0 Å². The molecule has 0 fully saturated rings. The standard InChI is InChI=1S/C15H34N2O.C2H6/c1-6-14(3,13-17-5)10-12-18-15(4,7-2)9-8-11-16;1-2/h17H,6-13,16H2,1-5H3;1-2H3. The number of nitrogens with two attached hydrogens (primary N) is 1. The molecule has 0 saturated heterocycles. The topological polar surface area (TPSA) is 47.3 Å². The Balaban J connectivity index is 0. The fourth-order valence-electron chi connectivity index (χ4n) is 2.19. The summed E-state index contributed by atoms with van der Waals surface area (Å²) in [6.45, 7) is 15.7. The maximum atomic E-state index is 6.14. The molecule has 0 radical (unpaired) electrons. The van der Waals surface area contributed by atoms with E-state index >= 15 is 0 Å². The highest BCUT2D eigenvalue weighted by molar-refractivity contribution is 4.77. The Morgan fingerprint density at radius 2 is 1.65 bits per heavy atom. The average molecular weight is 289 g/mol. The van der Waals surface area contributed by atoms with E-state index in [1.165, 1.54) is 6.42 Å². The summed E-state index contributed by atoms with van der Waals surface area (Å²) in [6.07, 6.45) is 5.47. The van der Waals surface area contributed by atoms with Gasteiger partial charge in [0.05, 0.1) is 5.60 Å². The van der Waals surface area contributed by atoms with Crippen molar-refractivity contribution in [1.82, 2.24) is 5.32 Å². The SMILES string of the molecule is CC.CCC(C)(CCOC(C)(CC)CCCN)CNC. The molecule has 124 valence electrons. The van der Waals surface area contributed by atoms with Gasteiger partial charge in [-0.25, -0.2) is 0 Å². The Morgan fingerprint density at radius 1 is 1.05 bits per heavy atom. The maximum absolute atomic E-state index is 6.14. The van der Waals surface area contributed by atoms with E-state index < -0.39 is 0 Å². The minimum atomic E-state index is 0.00760. The van der Waals surface area contributed by atoms with Crippen LogP contribution in [0.3, 0.4) is 0 Å². The second kappa shape index (κ2) is 12.6. The zero-order valence-corrected chi connectivity index (χ0v) is 15.1. The molecule has 0 aromatic rings. The predicted octanol–water partition coefficient (Wildman–Crippen LogP) is 3.96. The normalized spacial score (nSPS) is 16.8. The van der Waals surface area contributed by atoms with Crippen molar-refractivity contribution in [3.63, 3.8) is 0 Å².